The van der Waals surface area contributed by atoms with Gasteiger partial charge in [0.1, 0.15) is 5.75 Å². The van der Waals surface area contributed by atoms with Gasteiger partial charge in [0.25, 0.3) is 5.89 Å². The number of hydrogen-bond acceptors (Lipinski definition) is 6. The van der Waals surface area contributed by atoms with Gasteiger partial charge in [-0.15, -0.1) is 13.2 Å². The van der Waals surface area contributed by atoms with Gasteiger partial charge < -0.3 is 14.6 Å². The van der Waals surface area contributed by atoms with E-state index in [1.54, 1.807) is 24.4 Å². The van der Waals surface area contributed by atoms with Crippen LogP contribution in [-0.2, 0) is 0 Å². The van der Waals surface area contributed by atoms with Crippen LogP contribution < -0.4 is 10.1 Å². The smallest absolute Gasteiger partial charge is 0.406 e. The molecule has 0 aliphatic carbocycles. The molecular formula is C18H15F3N4O2. The molecule has 140 valence electrons. The molecule has 9 heteroatoms. The molecular weight excluding hydrogens is 361 g/mol. The summed E-state index contributed by atoms with van der Waals surface area (Å²) in [5.74, 6) is 0.631. The Morgan fingerprint density at radius 2 is 2.04 bits per heavy atom. The topological polar surface area (TPSA) is 73.1 Å². The summed E-state index contributed by atoms with van der Waals surface area (Å²) in [5, 5.41) is 7.31. The molecule has 1 saturated heterocycles. The fraction of sp³-hybridized carbons (Fsp3) is 0.278. The SMILES string of the molecule is FC(F)(F)Oc1cccc(-c2cc(-c3nc(C4CCCN4)no3)ccn2)c1. The number of nitrogens with zero attached hydrogens (tertiary/aromatic N) is 3. The molecule has 3 heterocycles. The van der Waals surface area contributed by atoms with E-state index in [9.17, 15) is 13.2 Å². The van der Waals surface area contributed by atoms with Gasteiger partial charge in [-0.2, -0.15) is 4.98 Å². The van der Waals surface area contributed by atoms with E-state index in [0.29, 0.717) is 28.5 Å². The molecule has 1 aromatic carbocycles. The average Bonchev–Trinajstić information content (AvgIpc) is 3.32. The van der Waals surface area contributed by atoms with E-state index in [0.717, 1.165) is 19.4 Å². The van der Waals surface area contributed by atoms with Crippen LogP contribution in [0.25, 0.3) is 22.7 Å². The van der Waals surface area contributed by atoms with Crippen molar-refractivity contribution in [3.05, 3.63) is 48.4 Å². The van der Waals surface area contributed by atoms with Crippen LogP contribution in [-0.4, -0.2) is 28.0 Å². The fourth-order valence-corrected chi connectivity index (χ4v) is 2.97. The maximum Gasteiger partial charge on any atom is 0.573 e. The largest absolute Gasteiger partial charge is 0.573 e. The molecule has 1 N–H and O–H groups in total. The minimum Gasteiger partial charge on any atom is -0.406 e. The Kier molecular flexibility index (Phi) is 4.53. The molecule has 1 fully saturated rings. The number of nitrogens with one attached hydrogen (secondary N) is 1. The Hall–Kier alpha value is -2.94. The summed E-state index contributed by atoms with van der Waals surface area (Å²) in [5.41, 5.74) is 1.59. The normalized spacial score (nSPS) is 17.2. The summed E-state index contributed by atoms with van der Waals surface area (Å²) in [7, 11) is 0. The van der Waals surface area contributed by atoms with Crippen molar-refractivity contribution in [3.8, 4) is 28.5 Å². The van der Waals surface area contributed by atoms with Crippen LogP contribution in [0, 0.1) is 0 Å². The molecule has 1 atom stereocenters. The maximum atomic E-state index is 12.4. The molecule has 1 unspecified atom stereocenters. The summed E-state index contributed by atoms with van der Waals surface area (Å²) in [4.78, 5) is 8.64. The molecule has 0 saturated carbocycles. The van der Waals surface area contributed by atoms with Crippen LogP contribution in [0.5, 0.6) is 5.75 Å². The lowest BCUT2D eigenvalue weighted by molar-refractivity contribution is -0.274. The van der Waals surface area contributed by atoms with Gasteiger partial charge >= 0.3 is 6.36 Å². The van der Waals surface area contributed by atoms with Crippen LogP contribution in [0.3, 0.4) is 0 Å². The van der Waals surface area contributed by atoms with Crippen LogP contribution in [0.2, 0.25) is 0 Å². The van der Waals surface area contributed by atoms with Crippen molar-refractivity contribution in [2.75, 3.05) is 6.54 Å². The highest BCUT2D eigenvalue weighted by molar-refractivity contribution is 5.67. The number of hydrogen-bond donors (Lipinski definition) is 1. The molecule has 1 aliphatic rings. The Balaban J connectivity index is 1.60. The van der Waals surface area contributed by atoms with E-state index in [1.807, 2.05) is 0 Å². The third-order valence-electron chi connectivity index (χ3n) is 4.18. The average molecular weight is 376 g/mol. The number of halogens is 3. The van der Waals surface area contributed by atoms with Gasteiger partial charge in [-0.3, -0.25) is 4.98 Å². The van der Waals surface area contributed by atoms with E-state index >= 15 is 0 Å². The second-order valence-corrected chi connectivity index (χ2v) is 6.11. The lowest BCUT2D eigenvalue weighted by Gasteiger charge is -2.10. The molecule has 0 amide bonds. The zero-order valence-corrected chi connectivity index (χ0v) is 14.0. The predicted octanol–water partition coefficient (Wildman–Crippen LogP) is 4.12. The molecule has 3 aromatic rings. The third kappa shape index (κ3) is 4.08. The highest BCUT2D eigenvalue weighted by atomic mass is 19.4. The van der Waals surface area contributed by atoms with E-state index in [1.165, 1.54) is 18.2 Å². The van der Waals surface area contributed by atoms with Crippen LogP contribution in [0.4, 0.5) is 13.2 Å². The Morgan fingerprint density at radius 1 is 1.15 bits per heavy atom. The second kappa shape index (κ2) is 6.99. The summed E-state index contributed by atoms with van der Waals surface area (Å²) >= 11 is 0. The zero-order chi connectivity index (χ0) is 18.9. The number of ether oxygens (including phenoxy) is 1. The number of pyridine rings is 1. The standard InChI is InChI=1S/C18H15F3N4O2/c19-18(20,21)26-13-4-1-3-11(9-13)15-10-12(6-8-23-15)17-24-16(25-27-17)14-5-2-7-22-14/h1,3-4,6,8-10,14,22H,2,5,7H2. The molecule has 6 nitrogen and oxygen atoms in total. The van der Waals surface area contributed by atoms with Gasteiger partial charge in [0.05, 0.1) is 11.7 Å². The first kappa shape index (κ1) is 17.5. The van der Waals surface area contributed by atoms with Crippen molar-refractivity contribution < 1.29 is 22.4 Å². The minimum atomic E-state index is -4.75. The fourth-order valence-electron chi connectivity index (χ4n) is 2.97. The summed E-state index contributed by atoms with van der Waals surface area (Å²) < 4.78 is 46.6. The molecule has 4 rings (SSSR count). The van der Waals surface area contributed by atoms with Gasteiger partial charge in [-0.25, -0.2) is 0 Å². The molecule has 0 bridgehead atoms. The highest BCUT2D eigenvalue weighted by Gasteiger charge is 2.31. The number of alkyl halides is 3. The molecule has 2 aromatic heterocycles. The van der Waals surface area contributed by atoms with Gasteiger partial charge in [0, 0.05) is 17.3 Å². The van der Waals surface area contributed by atoms with Crippen molar-refractivity contribution in [2.24, 2.45) is 0 Å². The number of benzene rings is 1. The first-order chi connectivity index (χ1) is 13.0. The van der Waals surface area contributed by atoms with Crippen molar-refractivity contribution in [3.63, 3.8) is 0 Å². The van der Waals surface area contributed by atoms with E-state index in [4.69, 9.17) is 4.52 Å². The van der Waals surface area contributed by atoms with Gasteiger partial charge in [-0.05, 0) is 43.7 Å². The van der Waals surface area contributed by atoms with Crippen molar-refractivity contribution in [1.29, 1.82) is 0 Å². The number of aromatic nitrogens is 3. The van der Waals surface area contributed by atoms with Gasteiger partial charge in [0.15, 0.2) is 5.82 Å². The summed E-state index contributed by atoms with van der Waals surface area (Å²) in [6.45, 7) is 0.921. The molecule has 0 spiro atoms. The summed E-state index contributed by atoms with van der Waals surface area (Å²) in [6, 6.07) is 9.12. The maximum absolute atomic E-state index is 12.4. The Labute approximate surface area is 152 Å². The van der Waals surface area contributed by atoms with Gasteiger partial charge in [0.2, 0.25) is 0 Å². The zero-order valence-electron chi connectivity index (χ0n) is 14.0. The molecule has 0 radical (unpaired) electrons. The van der Waals surface area contributed by atoms with Crippen molar-refractivity contribution in [1.82, 2.24) is 20.4 Å². The Morgan fingerprint density at radius 3 is 2.81 bits per heavy atom. The summed E-state index contributed by atoms with van der Waals surface area (Å²) in [6.07, 6.45) is -1.20. The quantitative estimate of drug-likeness (QED) is 0.738. The van der Waals surface area contributed by atoms with E-state index in [2.05, 4.69) is 25.2 Å². The Bertz CT molecular complexity index is 936. The van der Waals surface area contributed by atoms with Crippen molar-refractivity contribution in [2.45, 2.75) is 25.2 Å². The van der Waals surface area contributed by atoms with Crippen LogP contribution >= 0.6 is 0 Å². The van der Waals surface area contributed by atoms with E-state index in [-0.39, 0.29) is 11.8 Å². The third-order valence-corrected chi connectivity index (χ3v) is 4.18. The number of rotatable bonds is 4. The minimum absolute atomic E-state index is 0.0833. The first-order valence-electron chi connectivity index (χ1n) is 8.37. The van der Waals surface area contributed by atoms with Crippen LogP contribution in [0.15, 0.2) is 47.1 Å². The van der Waals surface area contributed by atoms with Crippen LogP contribution in [0.1, 0.15) is 24.7 Å². The van der Waals surface area contributed by atoms with Crippen molar-refractivity contribution >= 4 is 0 Å². The first-order valence-corrected chi connectivity index (χ1v) is 8.37. The highest BCUT2D eigenvalue weighted by Crippen LogP contribution is 2.29. The second-order valence-electron chi connectivity index (χ2n) is 6.11. The lowest BCUT2D eigenvalue weighted by atomic mass is 10.1. The monoisotopic (exact) mass is 376 g/mol. The predicted molar refractivity (Wildman–Crippen MR) is 89.6 cm³/mol. The molecule has 27 heavy (non-hydrogen) atoms. The van der Waals surface area contributed by atoms with Gasteiger partial charge in [-0.1, -0.05) is 17.3 Å². The van der Waals surface area contributed by atoms with E-state index < -0.39 is 6.36 Å². The lowest BCUT2D eigenvalue weighted by Crippen LogP contribution is -2.17. The molecule has 1 aliphatic heterocycles.